The maximum absolute atomic E-state index is 12.8. The van der Waals surface area contributed by atoms with E-state index in [0.717, 1.165) is 25.7 Å². The molecule has 34 heavy (non-hydrogen) atoms. The van der Waals surface area contributed by atoms with E-state index in [1.807, 2.05) is 27.7 Å². The number of nitrogens with one attached hydrogen (secondary N) is 1. The highest BCUT2D eigenvalue weighted by Gasteiger charge is 2.40. The van der Waals surface area contributed by atoms with Crippen molar-refractivity contribution >= 4 is 41.0 Å². The molecule has 0 bridgehead atoms. The van der Waals surface area contributed by atoms with Crippen molar-refractivity contribution in [1.29, 1.82) is 0 Å². The van der Waals surface area contributed by atoms with Crippen molar-refractivity contribution < 1.29 is 28.7 Å². The lowest BCUT2D eigenvalue weighted by Crippen LogP contribution is -2.38. The summed E-state index contributed by atoms with van der Waals surface area (Å²) in [6.07, 6.45) is 3.86. The summed E-state index contributed by atoms with van der Waals surface area (Å²) in [6.45, 7) is 8.98. The van der Waals surface area contributed by atoms with E-state index in [2.05, 4.69) is 5.32 Å². The Morgan fingerprint density at radius 3 is 2.32 bits per heavy atom. The normalized spacial score (nSPS) is 23.1. The van der Waals surface area contributed by atoms with Crippen LogP contribution in [0.4, 0.5) is 0 Å². The smallest absolute Gasteiger partial charge is 0.242 e. The fraction of sp³-hybridized carbons (Fsp3) is 0.800. The van der Waals surface area contributed by atoms with Gasteiger partial charge in [0.15, 0.2) is 0 Å². The Hall–Kier alpha value is -1.74. The van der Waals surface area contributed by atoms with Gasteiger partial charge < -0.3 is 10.1 Å². The number of hydrogen-bond donors (Lipinski definition) is 1. The molecule has 1 saturated carbocycles. The van der Waals surface area contributed by atoms with Crippen LogP contribution in [0.2, 0.25) is 0 Å². The van der Waals surface area contributed by atoms with E-state index in [0.29, 0.717) is 38.5 Å². The first-order valence-electron chi connectivity index (χ1n) is 12.5. The summed E-state index contributed by atoms with van der Waals surface area (Å²) in [7, 11) is 0. The number of Topliss-reactive ketones (excluding diaryl/α,β-unsaturated/α-hetero) is 2. The number of amides is 3. The van der Waals surface area contributed by atoms with Gasteiger partial charge in [-0.1, -0.05) is 27.7 Å². The third-order valence-electron chi connectivity index (χ3n) is 6.58. The molecule has 0 spiro atoms. The zero-order valence-electron chi connectivity index (χ0n) is 21.0. The molecule has 1 atom stereocenters. The first-order valence-corrected chi connectivity index (χ1v) is 13.5. The minimum absolute atomic E-state index is 0.00292. The largest absolute Gasteiger partial charge is 0.379 e. The molecule has 1 heterocycles. The summed E-state index contributed by atoms with van der Waals surface area (Å²) in [4.78, 5) is 62.3. The lowest BCUT2D eigenvalue weighted by Gasteiger charge is -2.30. The van der Waals surface area contributed by atoms with Crippen LogP contribution < -0.4 is 5.32 Å². The molecule has 0 aromatic rings. The van der Waals surface area contributed by atoms with Gasteiger partial charge in [-0.25, -0.2) is 0 Å². The average Bonchev–Trinajstić information content (AvgIpc) is 3.07. The van der Waals surface area contributed by atoms with Crippen molar-refractivity contribution in [3.05, 3.63) is 0 Å². The second kappa shape index (κ2) is 14.0. The quantitative estimate of drug-likeness (QED) is 0.291. The fourth-order valence-corrected chi connectivity index (χ4v) is 5.37. The Balaban J connectivity index is 1.64. The lowest BCUT2D eigenvalue weighted by molar-refractivity contribution is -0.139. The maximum atomic E-state index is 12.8. The second-order valence-electron chi connectivity index (χ2n) is 9.95. The predicted molar refractivity (Wildman–Crippen MR) is 131 cm³/mol. The van der Waals surface area contributed by atoms with Gasteiger partial charge in [-0.15, -0.1) is 11.8 Å². The number of hydrogen-bond acceptors (Lipinski definition) is 7. The third-order valence-corrected chi connectivity index (χ3v) is 7.78. The number of ether oxygens (including phenoxy) is 1. The molecule has 1 saturated heterocycles. The Morgan fingerprint density at radius 2 is 1.71 bits per heavy atom. The highest BCUT2D eigenvalue weighted by Crippen LogP contribution is 2.33. The first kappa shape index (κ1) is 28.5. The molecule has 8 nitrogen and oxygen atoms in total. The van der Waals surface area contributed by atoms with Crippen LogP contribution in [0.5, 0.6) is 0 Å². The van der Waals surface area contributed by atoms with Gasteiger partial charge in [0.1, 0.15) is 11.6 Å². The van der Waals surface area contributed by atoms with Crippen molar-refractivity contribution in [3.63, 3.8) is 0 Å². The van der Waals surface area contributed by atoms with E-state index in [1.54, 1.807) is 0 Å². The zero-order valence-corrected chi connectivity index (χ0v) is 21.8. The van der Waals surface area contributed by atoms with E-state index >= 15 is 0 Å². The van der Waals surface area contributed by atoms with Crippen molar-refractivity contribution in [2.45, 2.75) is 71.5 Å². The minimum Gasteiger partial charge on any atom is -0.379 e. The first-order chi connectivity index (χ1) is 16.1. The van der Waals surface area contributed by atoms with E-state index < -0.39 is 5.25 Å². The minimum atomic E-state index is -0.518. The van der Waals surface area contributed by atoms with E-state index in [9.17, 15) is 24.0 Å². The molecule has 2 fully saturated rings. The van der Waals surface area contributed by atoms with Crippen molar-refractivity contribution in [2.75, 3.05) is 32.1 Å². The number of ketones is 2. The van der Waals surface area contributed by atoms with Crippen molar-refractivity contribution in [1.82, 2.24) is 10.2 Å². The number of carbonyl (C=O) groups is 5. The van der Waals surface area contributed by atoms with Crippen LogP contribution in [0.25, 0.3) is 0 Å². The molecule has 0 radical (unpaired) electrons. The molecule has 0 aromatic carbocycles. The Kier molecular flexibility index (Phi) is 11.7. The van der Waals surface area contributed by atoms with Gasteiger partial charge in [0.25, 0.3) is 0 Å². The number of imide groups is 1. The van der Waals surface area contributed by atoms with Crippen LogP contribution in [-0.2, 0) is 28.7 Å². The number of carbonyl (C=O) groups excluding carboxylic acids is 5. The molecule has 1 N–H and O–H groups in total. The van der Waals surface area contributed by atoms with Gasteiger partial charge in [0.2, 0.25) is 17.7 Å². The highest BCUT2D eigenvalue weighted by molar-refractivity contribution is 8.01. The van der Waals surface area contributed by atoms with Gasteiger partial charge in [0, 0.05) is 43.7 Å². The SMILES string of the molecule is CC(C)C(=O)CCOCCNC(=O)CSC1CC(=O)N(CC2CCC(C(=O)C(C)C)CC2)C1=O. The molecule has 2 rings (SSSR count). The number of rotatable bonds is 14. The van der Waals surface area contributed by atoms with Crippen molar-refractivity contribution in [2.24, 2.45) is 23.7 Å². The molecule has 9 heteroatoms. The molecule has 1 aliphatic carbocycles. The summed E-state index contributed by atoms with van der Waals surface area (Å²) in [5.41, 5.74) is 0. The van der Waals surface area contributed by atoms with Crippen molar-refractivity contribution in [3.8, 4) is 0 Å². The van der Waals surface area contributed by atoms with Gasteiger partial charge in [-0.2, -0.15) is 0 Å². The Morgan fingerprint density at radius 1 is 1.03 bits per heavy atom. The van der Waals surface area contributed by atoms with Gasteiger partial charge >= 0.3 is 0 Å². The van der Waals surface area contributed by atoms with Crippen LogP contribution in [0.15, 0.2) is 0 Å². The summed E-state index contributed by atoms with van der Waals surface area (Å²) in [5.74, 6) is 0.373. The standard InChI is InChI=1S/C25H40N2O6S/c1-16(2)20(28)9-11-33-12-10-26-22(29)15-34-21-13-23(30)27(25(21)32)14-18-5-7-19(8-6-18)24(31)17(3)4/h16-19,21H,5-15H2,1-4H3,(H,26,29). The number of likely N-dealkylation sites (tertiary alicyclic amines) is 1. The predicted octanol–water partition coefficient (Wildman–Crippen LogP) is 2.63. The summed E-state index contributed by atoms with van der Waals surface area (Å²) in [5, 5.41) is 2.22. The summed E-state index contributed by atoms with van der Waals surface area (Å²) >= 11 is 1.20. The Bertz CT molecular complexity index is 746. The molecule has 1 unspecified atom stereocenters. The fourth-order valence-electron chi connectivity index (χ4n) is 4.39. The second-order valence-corrected chi connectivity index (χ2v) is 11.1. The third kappa shape index (κ3) is 8.80. The zero-order chi connectivity index (χ0) is 25.3. The Labute approximate surface area is 207 Å². The van der Waals surface area contributed by atoms with Gasteiger partial charge in [0.05, 0.1) is 24.2 Å². The molecular weight excluding hydrogens is 456 g/mol. The van der Waals surface area contributed by atoms with E-state index in [-0.39, 0.29) is 59.4 Å². The number of nitrogens with zero attached hydrogens (tertiary/aromatic N) is 1. The lowest BCUT2D eigenvalue weighted by atomic mass is 9.77. The molecule has 2 aliphatic rings. The number of thioether (sulfide) groups is 1. The molecule has 192 valence electrons. The van der Waals surface area contributed by atoms with E-state index in [1.165, 1.54) is 16.7 Å². The van der Waals surface area contributed by atoms with E-state index in [4.69, 9.17) is 4.74 Å². The topological polar surface area (TPSA) is 110 Å². The van der Waals surface area contributed by atoms with Crippen LogP contribution >= 0.6 is 11.8 Å². The maximum Gasteiger partial charge on any atom is 0.242 e. The molecule has 3 amide bonds. The average molecular weight is 497 g/mol. The molecular formula is C25H40N2O6S. The summed E-state index contributed by atoms with van der Waals surface area (Å²) in [6, 6.07) is 0. The molecule has 1 aliphatic heterocycles. The van der Waals surface area contributed by atoms with Gasteiger partial charge in [-0.05, 0) is 31.6 Å². The summed E-state index contributed by atoms with van der Waals surface area (Å²) < 4.78 is 5.36. The van der Waals surface area contributed by atoms with Crippen LogP contribution in [0.3, 0.4) is 0 Å². The van der Waals surface area contributed by atoms with Gasteiger partial charge in [-0.3, -0.25) is 28.9 Å². The van der Waals surface area contributed by atoms with Crippen LogP contribution in [0, 0.1) is 23.7 Å². The molecule has 0 aromatic heterocycles. The van der Waals surface area contributed by atoms with Crippen LogP contribution in [-0.4, -0.2) is 71.5 Å². The van der Waals surface area contributed by atoms with Crippen LogP contribution in [0.1, 0.15) is 66.2 Å². The monoisotopic (exact) mass is 496 g/mol. The highest BCUT2D eigenvalue weighted by atomic mass is 32.2.